The molecule has 7 nitrogen and oxygen atoms in total. The number of pyridine rings is 1. The average molecular weight is 334 g/mol. The van der Waals surface area contributed by atoms with Gasteiger partial charge in [-0.15, -0.1) is 0 Å². The molecule has 0 aliphatic rings. The fraction of sp³-hybridized carbons (Fsp3) is 0.200. The Morgan fingerprint density at radius 3 is 2.48 bits per heavy atom. The molecule has 23 heavy (non-hydrogen) atoms. The predicted octanol–water partition coefficient (Wildman–Crippen LogP) is 1.31. The Balaban J connectivity index is 2.19. The van der Waals surface area contributed by atoms with E-state index in [4.69, 9.17) is 0 Å². The van der Waals surface area contributed by atoms with Crippen LogP contribution in [0.2, 0.25) is 0 Å². The largest absolute Gasteiger partial charge is 0.363 e. The SMILES string of the molecule is CNS(=O)(=O)c1cccc(C(=O)Nc2ccc(N(C)C)nc2)c1. The summed E-state index contributed by atoms with van der Waals surface area (Å²) in [7, 11) is 1.47. The zero-order chi connectivity index (χ0) is 17.0. The molecule has 8 heteroatoms. The van der Waals surface area contributed by atoms with Gasteiger partial charge in [0.2, 0.25) is 10.0 Å². The van der Waals surface area contributed by atoms with E-state index >= 15 is 0 Å². The Hall–Kier alpha value is -2.45. The van der Waals surface area contributed by atoms with Crippen molar-refractivity contribution in [3.63, 3.8) is 0 Å². The first-order valence-electron chi connectivity index (χ1n) is 6.82. The zero-order valence-electron chi connectivity index (χ0n) is 13.1. The van der Waals surface area contributed by atoms with Crippen molar-refractivity contribution in [2.24, 2.45) is 0 Å². The third kappa shape index (κ3) is 4.05. The van der Waals surface area contributed by atoms with E-state index in [-0.39, 0.29) is 10.5 Å². The van der Waals surface area contributed by atoms with Crippen molar-refractivity contribution in [2.75, 3.05) is 31.4 Å². The summed E-state index contributed by atoms with van der Waals surface area (Å²) in [5, 5.41) is 2.69. The van der Waals surface area contributed by atoms with E-state index < -0.39 is 15.9 Å². The summed E-state index contributed by atoms with van der Waals surface area (Å²) in [5.41, 5.74) is 0.778. The lowest BCUT2D eigenvalue weighted by Gasteiger charge is -2.12. The molecule has 0 radical (unpaired) electrons. The first-order valence-corrected chi connectivity index (χ1v) is 8.30. The molecule has 0 spiro atoms. The standard InChI is InChI=1S/C15H18N4O3S/c1-16-23(21,22)13-6-4-5-11(9-13)15(20)18-12-7-8-14(17-10-12)19(2)3/h4-10,16H,1-3H3,(H,18,20). The van der Waals surface area contributed by atoms with Gasteiger partial charge in [-0.1, -0.05) is 6.07 Å². The van der Waals surface area contributed by atoms with Crippen LogP contribution in [0.5, 0.6) is 0 Å². The minimum absolute atomic E-state index is 0.0359. The Morgan fingerprint density at radius 1 is 1.17 bits per heavy atom. The van der Waals surface area contributed by atoms with Crippen LogP contribution in [0.15, 0.2) is 47.5 Å². The number of hydrogen-bond acceptors (Lipinski definition) is 5. The van der Waals surface area contributed by atoms with Crippen LogP contribution < -0.4 is 14.9 Å². The smallest absolute Gasteiger partial charge is 0.255 e. The molecule has 0 fully saturated rings. The first kappa shape index (κ1) is 16.9. The van der Waals surface area contributed by atoms with Crippen molar-refractivity contribution >= 4 is 27.4 Å². The van der Waals surface area contributed by atoms with E-state index in [0.717, 1.165) is 5.82 Å². The maximum Gasteiger partial charge on any atom is 0.255 e. The Bertz CT molecular complexity index is 802. The third-order valence-corrected chi connectivity index (χ3v) is 4.55. The molecule has 1 heterocycles. The van der Waals surface area contributed by atoms with Gasteiger partial charge >= 0.3 is 0 Å². The van der Waals surface area contributed by atoms with Crippen LogP contribution in [0.3, 0.4) is 0 Å². The highest BCUT2D eigenvalue weighted by molar-refractivity contribution is 7.89. The van der Waals surface area contributed by atoms with Gasteiger partial charge in [0, 0.05) is 19.7 Å². The van der Waals surface area contributed by atoms with E-state index in [1.165, 1.54) is 25.2 Å². The van der Waals surface area contributed by atoms with E-state index in [2.05, 4.69) is 15.0 Å². The highest BCUT2D eigenvalue weighted by Gasteiger charge is 2.14. The van der Waals surface area contributed by atoms with Crippen molar-refractivity contribution in [1.29, 1.82) is 0 Å². The highest BCUT2D eigenvalue weighted by atomic mass is 32.2. The van der Waals surface area contributed by atoms with Crippen LogP contribution in [0, 0.1) is 0 Å². The second-order valence-electron chi connectivity index (χ2n) is 4.99. The molecule has 0 aliphatic carbocycles. The molecule has 0 atom stereocenters. The number of rotatable bonds is 5. The number of nitrogens with zero attached hydrogens (tertiary/aromatic N) is 2. The van der Waals surface area contributed by atoms with Crippen molar-refractivity contribution in [3.8, 4) is 0 Å². The second kappa shape index (κ2) is 6.76. The van der Waals surface area contributed by atoms with Gasteiger partial charge in [-0.25, -0.2) is 18.1 Å². The molecular weight excluding hydrogens is 316 g/mol. The van der Waals surface area contributed by atoms with E-state index in [1.54, 1.807) is 24.4 Å². The van der Waals surface area contributed by atoms with Gasteiger partial charge in [-0.2, -0.15) is 0 Å². The van der Waals surface area contributed by atoms with Gasteiger partial charge in [0.25, 0.3) is 5.91 Å². The van der Waals surface area contributed by atoms with Gasteiger partial charge < -0.3 is 10.2 Å². The van der Waals surface area contributed by atoms with Crippen molar-refractivity contribution in [2.45, 2.75) is 4.90 Å². The molecular formula is C15H18N4O3S. The summed E-state index contributed by atoms with van der Waals surface area (Å²) >= 11 is 0. The molecule has 2 aromatic rings. The van der Waals surface area contributed by atoms with Crippen LogP contribution >= 0.6 is 0 Å². The predicted molar refractivity (Wildman–Crippen MR) is 89.2 cm³/mol. The van der Waals surface area contributed by atoms with Crippen molar-refractivity contribution in [3.05, 3.63) is 48.2 Å². The fourth-order valence-corrected chi connectivity index (χ4v) is 2.63. The number of anilines is 2. The fourth-order valence-electron chi connectivity index (χ4n) is 1.85. The van der Waals surface area contributed by atoms with Crippen molar-refractivity contribution in [1.82, 2.24) is 9.71 Å². The maximum absolute atomic E-state index is 12.2. The Morgan fingerprint density at radius 2 is 1.91 bits per heavy atom. The van der Waals surface area contributed by atoms with Gasteiger partial charge in [0.15, 0.2) is 0 Å². The summed E-state index contributed by atoms with van der Waals surface area (Å²) in [5.74, 6) is 0.364. The number of sulfonamides is 1. The summed E-state index contributed by atoms with van der Waals surface area (Å²) in [6.07, 6.45) is 1.54. The Labute approximate surface area is 135 Å². The lowest BCUT2D eigenvalue weighted by atomic mass is 10.2. The zero-order valence-corrected chi connectivity index (χ0v) is 13.9. The molecule has 1 aromatic carbocycles. The number of carbonyl (C=O) groups is 1. The molecule has 0 unspecified atom stereocenters. The lowest BCUT2D eigenvalue weighted by Crippen LogP contribution is -2.19. The van der Waals surface area contributed by atoms with Crippen LogP contribution in [-0.2, 0) is 10.0 Å². The molecule has 1 amide bonds. The third-order valence-electron chi connectivity index (χ3n) is 3.14. The van der Waals surface area contributed by atoms with E-state index in [1.807, 2.05) is 19.0 Å². The average Bonchev–Trinajstić information content (AvgIpc) is 2.55. The quantitative estimate of drug-likeness (QED) is 0.860. The van der Waals surface area contributed by atoms with E-state index in [9.17, 15) is 13.2 Å². The van der Waals surface area contributed by atoms with Crippen molar-refractivity contribution < 1.29 is 13.2 Å². The maximum atomic E-state index is 12.2. The highest BCUT2D eigenvalue weighted by Crippen LogP contribution is 2.15. The monoisotopic (exact) mass is 334 g/mol. The topological polar surface area (TPSA) is 91.4 Å². The molecule has 0 saturated carbocycles. The number of hydrogen-bond donors (Lipinski definition) is 2. The van der Waals surface area contributed by atoms with Gasteiger partial charge in [0.05, 0.1) is 16.8 Å². The number of carbonyl (C=O) groups excluding carboxylic acids is 1. The number of benzene rings is 1. The van der Waals surface area contributed by atoms with Gasteiger partial charge in [0.1, 0.15) is 5.82 Å². The second-order valence-corrected chi connectivity index (χ2v) is 6.88. The van der Waals surface area contributed by atoms with Gasteiger partial charge in [-0.05, 0) is 37.4 Å². The summed E-state index contributed by atoms with van der Waals surface area (Å²) < 4.78 is 25.8. The summed E-state index contributed by atoms with van der Waals surface area (Å²) in [6.45, 7) is 0. The summed E-state index contributed by atoms with van der Waals surface area (Å²) in [6, 6.07) is 9.32. The molecule has 2 N–H and O–H groups in total. The van der Waals surface area contributed by atoms with Crippen LogP contribution in [0.25, 0.3) is 0 Å². The number of amides is 1. The molecule has 0 bridgehead atoms. The molecule has 0 saturated heterocycles. The van der Waals surface area contributed by atoms with Crippen LogP contribution in [0.4, 0.5) is 11.5 Å². The molecule has 2 rings (SSSR count). The number of nitrogens with one attached hydrogen (secondary N) is 2. The van der Waals surface area contributed by atoms with Crippen LogP contribution in [0.1, 0.15) is 10.4 Å². The minimum atomic E-state index is -3.59. The normalized spacial score (nSPS) is 11.1. The molecule has 0 aliphatic heterocycles. The Kier molecular flexibility index (Phi) is 4.97. The van der Waals surface area contributed by atoms with Crippen LogP contribution in [-0.4, -0.2) is 40.5 Å². The minimum Gasteiger partial charge on any atom is -0.363 e. The lowest BCUT2D eigenvalue weighted by molar-refractivity contribution is 0.102. The first-order chi connectivity index (χ1) is 10.8. The van der Waals surface area contributed by atoms with Gasteiger partial charge in [-0.3, -0.25) is 4.79 Å². The molecule has 1 aromatic heterocycles. The number of aromatic nitrogens is 1. The molecule has 122 valence electrons. The van der Waals surface area contributed by atoms with E-state index in [0.29, 0.717) is 5.69 Å². The summed E-state index contributed by atoms with van der Waals surface area (Å²) in [4.78, 5) is 18.3.